The second-order valence-electron chi connectivity index (χ2n) is 4.23. The molecule has 1 aromatic carbocycles. The van der Waals surface area contributed by atoms with Gasteiger partial charge < -0.3 is 15.4 Å². The molecule has 0 aromatic heterocycles. The summed E-state index contributed by atoms with van der Waals surface area (Å²) >= 11 is 8.35. The molecule has 0 fully saturated rings. The molecule has 0 atom stereocenters. The van der Waals surface area contributed by atoms with Gasteiger partial charge in [0.15, 0.2) is 5.11 Å². The third-order valence-corrected chi connectivity index (χ3v) is 3.11. The number of halogens is 1. The SMILES string of the molecule is CCCOC(=O)CCC(=O)NC(=S)Nc1ccc(Br)cc1. The summed E-state index contributed by atoms with van der Waals surface area (Å²) in [5, 5.41) is 5.60. The van der Waals surface area contributed by atoms with E-state index in [1.807, 2.05) is 31.2 Å². The first-order valence-corrected chi connectivity index (χ1v) is 7.73. The number of carbonyl (C=O) groups excluding carboxylic acids is 2. The van der Waals surface area contributed by atoms with Crippen molar-refractivity contribution in [2.75, 3.05) is 11.9 Å². The topological polar surface area (TPSA) is 67.4 Å². The van der Waals surface area contributed by atoms with Gasteiger partial charge in [-0.1, -0.05) is 22.9 Å². The highest BCUT2D eigenvalue weighted by molar-refractivity contribution is 9.10. The van der Waals surface area contributed by atoms with Crippen LogP contribution in [0.2, 0.25) is 0 Å². The van der Waals surface area contributed by atoms with E-state index in [0.717, 1.165) is 16.6 Å². The lowest BCUT2D eigenvalue weighted by atomic mass is 10.3. The molecular weight excluding hydrogens is 356 g/mol. The zero-order valence-electron chi connectivity index (χ0n) is 11.6. The van der Waals surface area contributed by atoms with Gasteiger partial charge in [0.25, 0.3) is 0 Å². The average molecular weight is 373 g/mol. The third kappa shape index (κ3) is 7.77. The summed E-state index contributed by atoms with van der Waals surface area (Å²) in [4.78, 5) is 22.9. The van der Waals surface area contributed by atoms with Crippen LogP contribution in [0.3, 0.4) is 0 Å². The minimum atomic E-state index is -0.376. The Morgan fingerprint density at radius 3 is 2.52 bits per heavy atom. The monoisotopic (exact) mass is 372 g/mol. The van der Waals surface area contributed by atoms with E-state index in [4.69, 9.17) is 17.0 Å². The Balaban J connectivity index is 2.29. The van der Waals surface area contributed by atoms with Gasteiger partial charge in [-0.15, -0.1) is 0 Å². The maximum absolute atomic E-state index is 11.6. The predicted octanol–water partition coefficient (Wildman–Crippen LogP) is 3.00. The van der Waals surface area contributed by atoms with Crippen LogP contribution in [0.4, 0.5) is 5.69 Å². The number of nitrogens with one attached hydrogen (secondary N) is 2. The van der Waals surface area contributed by atoms with Crippen LogP contribution in [0.15, 0.2) is 28.7 Å². The summed E-state index contributed by atoms with van der Waals surface area (Å²) < 4.78 is 5.83. The van der Waals surface area contributed by atoms with Gasteiger partial charge in [-0.25, -0.2) is 0 Å². The number of rotatable bonds is 6. The predicted molar refractivity (Wildman–Crippen MR) is 89.0 cm³/mol. The van der Waals surface area contributed by atoms with Crippen LogP contribution in [0.1, 0.15) is 26.2 Å². The molecule has 0 radical (unpaired) electrons. The van der Waals surface area contributed by atoms with Gasteiger partial charge in [-0.2, -0.15) is 0 Å². The van der Waals surface area contributed by atoms with Crippen molar-refractivity contribution in [1.29, 1.82) is 0 Å². The third-order valence-electron chi connectivity index (χ3n) is 2.38. The molecule has 0 aliphatic rings. The second kappa shape index (κ2) is 9.46. The van der Waals surface area contributed by atoms with Gasteiger partial charge >= 0.3 is 5.97 Å². The van der Waals surface area contributed by atoms with Crippen molar-refractivity contribution in [3.63, 3.8) is 0 Å². The minimum absolute atomic E-state index is 0.0463. The summed E-state index contributed by atoms with van der Waals surface area (Å²) in [6.07, 6.45) is 0.858. The molecule has 0 bridgehead atoms. The Kier molecular flexibility index (Phi) is 7.92. The first-order chi connectivity index (χ1) is 10.0. The fourth-order valence-electron chi connectivity index (χ4n) is 1.39. The largest absolute Gasteiger partial charge is 0.466 e. The molecule has 0 aliphatic heterocycles. The first kappa shape index (κ1) is 17.6. The van der Waals surface area contributed by atoms with Crippen LogP contribution in [0.5, 0.6) is 0 Å². The summed E-state index contributed by atoms with van der Waals surface area (Å²) in [7, 11) is 0. The molecule has 2 N–H and O–H groups in total. The summed E-state index contributed by atoms with van der Waals surface area (Å²) in [6, 6.07) is 7.36. The van der Waals surface area contributed by atoms with E-state index in [2.05, 4.69) is 26.6 Å². The first-order valence-electron chi connectivity index (χ1n) is 6.53. The van der Waals surface area contributed by atoms with Gasteiger partial charge in [0.1, 0.15) is 0 Å². The fraction of sp³-hybridized carbons (Fsp3) is 0.357. The molecule has 0 saturated heterocycles. The quantitative estimate of drug-likeness (QED) is 0.593. The van der Waals surface area contributed by atoms with Gasteiger partial charge in [-0.05, 0) is 42.9 Å². The maximum Gasteiger partial charge on any atom is 0.306 e. The molecule has 0 unspecified atom stereocenters. The number of amides is 1. The number of hydrogen-bond donors (Lipinski definition) is 2. The molecule has 0 aliphatic carbocycles. The number of esters is 1. The molecule has 1 amide bonds. The lowest BCUT2D eigenvalue weighted by Crippen LogP contribution is -2.34. The molecule has 5 nitrogen and oxygen atoms in total. The zero-order chi connectivity index (χ0) is 15.7. The van der Waals surface area contributed by atoms with Crippen LogP contribution in [0, 0.1) is 0 Å². The molecule has 114 valence electrons. The van der Waals surface area contributed by atoms with Crippen molar-refractivity contribution < 1.29 is 14.3 Å². The normalized spacial score (nSPS) is 9.81. The highest BCUT2D eigenvalue weighted by Crippen LogP contribution is 2.13. The standard InChI is InChI=1S/C14H17BrN2O3S/c1-2-9-20-13(19)8-7-12(18)17-14(21)16-11-5-3-10(15)4-6-11/h3-6H,2,7-9H2,1H3,(H2,16,17,18,21). The number of carbonyl (C=O) groups is 2. The van der Waals surface area contributed by atoms with E-state index in [1.165, 1.54) is 0 Å². The van der Waals surface area contributed by atoms with Gasteiger partial charge in [-0.3, -0.25) is 9.59 Å². The second-order valence-corrected chi connectivity index (χ2v) is 5.55. The Hall–Kier alpha value is -1.47. The molecule has 1 rings (SSSR count). The average Bonchev–Trinajstić information content (AvgIpc) is 2.45. The summed E-state index contributed by atoms with van der Waals surface area (Å²) in [6.45, 7) is 2.29. The number of anilines is 1. The van der Waals surface area contributed by atoms with Crippen molar-refractivity contribution in [2.45, 2.75) is 26.2 Å². The van der Waals surface area contributed by atoms with E-state index >= 15 is 0 Å². The molecule has 7 heteroatoms. The summed E-state index contributed by atoms with van der Waals surface area (Å²) in [5.41, 5.74) is 0.769. The van der Waals surface area contributed by atoms with Crippen molar-refractivity contribution in [2.24, 2.45) is 0 Å². The number of benzene rings is 1. The Labute approximate surface area is 137 Å². The van der Waals surface area contributed by atoms with Crippen LogP contribution in [-0.4, -0.2) is 23.6 Å². The Morgan fingerprint density at radius 1 is 1.24 bits per heavy atom. The molecule has 1 aromatic rings. The highest BCUT2D eigenvalue weighted by atomic mass is 79.9. The van der Waals surface area contributed by atoms with Gasteiger partial charge in [0.2, 0.25) is 5.91 Å². The van der Waals surface area contributed by atoms with Crippen LogP contribution in [0.25, 0.3) is 0 Å². The van der Waals surface area contributed by atoms with E-state index < -0.39 is 0 Å². The van der Waals surface area contributed by atoms with E-state index in [9.17, 15) is 9.59 Å². The molecular formula is C14H17BrN2O3S. The van der Waals surface area contributed by atoms with E-state index in [1.54, 1.807) is 0 Å². The van der Waals surface area contributed by atoms with Crippen molar-refractivity contribution in [3.05, 3.63) is 28.7 Å². The van der Waals surface area contributed by atoms with Crippen molar-refractivity contribution in [1.82, 2.24) is 5.32 Å². The van der Waals surface area contributed by atoms with Gasteiger partial charge in [0.05, 0.1) is 13.0 Å². The maximum atomic E-state index is 11.6. The fourth-order valence-corrected chi connectivity index (χ4v) is 1.88. The van der Waals surface area contributed by atoms with Gasteiger partial charge in [0, 0.05) is 16.6 Å². The number of thiocarbonyl (C=S) groups is 1. The van der Waals surface area contributed by atoms with Crippen molar-refractivity contribution in [3.8, 4) is 0 Å². The van der Waals surface area contributed by atoms with E-state index in [0.29, 0.717) is 6.61 Å². The number of hydrogen-bond acceptors (Lipinski definition) is 4. The lowest BCUT2D eigenvalue weighted by molar-refractivity contribution is -0.144. The number of ether oxygens (including phenoxy) is 1. The molecule has 0 heterocycles. The van der Waals surface area contributed by atoms with Crippen molar-refractivity contribution >= 4 is 50.8 Å². The molecule has 0 saturated carbocycles. The van der Waals surface area contributed by atoms with Crippen LogP contribution >= 0.6 is 28.1 Å². The van der Waals surface area contributed by atoms with E-state index in [-0.39, 0.29) is 29.8 Å². The highest BCUT2D eigenvalue weighted by Gasteiger charge is 2.09. The zero-order valence-corrected chi connectivity index (χ0v) is 14.1. The Morgan fingerprint density at radius 2 is 1.90 bits per heavy atom. The minimum Gasteiger partial charge on any atom is -0.466 e. The molecule has 21 heavy (non-hydrogen) atoms. The molecule has 0 spiro atoms. The van der Waals surface area contributed by atoms with Crippen LogP contribution in [-0.2, 0) is 14.3 Å². The smallest absolute Gasteiger partial charge is 0.306 e. The lowest BCUT2D eigenvalue weighted by Gasteiger charge is -2.09. The van der Waals surface area contributed by atoms with Crippen LogP contribution < -0.4 is 10.6 Å². The summed E-state index contributed by atoms with van der Waals surface area (Å²) in [5.74, 6) is -0.697. The Bertz CT molecular complexity index is 505.